The van der Waals surface area contributed by atoms with Gasteiger partial charge in [0.05, 0.1) is 19.8 Å². The molecule has 1 aliphatic carbocycles. The van der Waals surface area contributed by atoms with E-state index in [9.17, 15) is 9.59 Å². The summed E-state index contributed by atoms with van der Waals surface area (Å²) in [6, 6.07) is 0. The van der Waals surface area contributed by atoms with Crippen molar-refractivity contribution in [1.29, 1.82) is 0 Å². The van der Waals surface area contributed by atoms with Crippen LogP contribution in [0.2, 0.25) is 0 Å². The van der Waals surface area contributed by atoms with Gasteiger partial charge in [0, 0.05) is 6.42 Å². The van der Waals surface area contributed by atoms with Crippen LogP contribution in [0.25, 0.3) is 0 Å². The largest absolute Gasteiger partial charge is 0.508 e. The van der Waals surface area contributed by atoms with E-state index in [0.29, 0.717) is 26.2 Å². The Morgan fingerprint density at radius 1 is 0.727 bits per heavy atom. The van der Waals surface area contributed by atoms with Gasteiger partial charge in [0.2, 0.25) is 0 Å². The maximum atomic E-state index is 11.8. The number of ether oxygens (including phenoxy) is 5. The molecule has 0 spiro atoms. The van der Waals surface area contributed by atoms with Gasteiger partial charge in [-0.2, -0.15) is 0 Å². The molecule has 1 saturated carbocycles. The second kappa shape index (κ2) is 7.17. The minimum atomic E-state index is -0.690. The van der Waals surface area contributed by atoms with E-state index in [4.69, 9.17) is 23.7 Å². The number of rotatable bonds is 0. The topological polar surface area (TPSA) is 80.3 Å². The molecule has 0 bridgehead atoms. The van der Waals surface area contributed by atoms with Crippen LogP contribution in [-0.4, -0.2) is 50.9 Å². The van der Waals surface area contributed by atoms with Crippen LogP contribution in [0.5, 0.6) is 0 Å². The second-order valence-corrected chi connectivity index (χ2v) is 6.09. The number of carbonyl (C=O) groups excluding carboxylic acids is 2. The Balaban J connectivity index is 1.65. The molecule has 0 N–H and O–H groups in total. The first-order chi connectivity index (χ1) is 10.7. The predicted molar refractivity (Wildman–Crippen MR) is 73.3 cm³/mol. The van der Waals surface area contributed by atoms with Crippen LogP contribution in [-0.2, 0) is 23.7 Å². The lowest BCUT2D eigenvalue weighted by Gasteiger charge is -2.30. The summed E-state index contributed by atoms with van der Waals surface area (Å²) >= 11 is 0. The lowest BCUT2D eigenvalue weighted by Crippen LogP contribution is -2.32. The van der Waals surface area contributed by atoms with Crippen LogP contribution < -0.4 is 0 Å². The van der Waals surface area contributed by atoms with Gasteiger partial charge < -0.3 is 23.7 Å². The molecule has 4 atom stereocenters. The zero-order valence-electron chi connectivity index (χ0n) is 12.5. The molecule has 3 fully saturated rings. The van der Waals surface area contributed by atoms with Gasteiger partial charge in [0.25, 0.3) is 0 Å². The van der Waals surface area contributed by atoms with Crippen molar-refractivity contribution in [2.75, 3.05) is 26.4 Å². The Kier molecular flexibility index (Phi) is 5.02. The first-order valence-corrected chi connectivity index (χ1v) is 7.97. The second-order valence-electron chi connectivity index (χ2n) is 6.09. The van der Waals surface area contributed by atoms with Gasteiger partial charge in [-0.15, -0.1) is 0 Å². The average Bonchev–Trinajstić information content (AvgIpc) is 2.96. The molecular formula is C15H22O7. The molecule has 0 aromatic rings. The molecule has 2 saturated heterocycles. The average molecular weight is 314 g/mol. The summed E-state index contributed by atoms with van der Waals surface area (Å²) in [6.07, 6.45) is 2.44. The van der Waals surface area contributed by atoms with Crippen molar-refractivity contribution >= 4 is 12.3 Å². The highest BCUT2D eigenvalue weighted by Crippen LogP contribution is 2.31. The van der Waals surface area contributed by atoms with Gasteiger partial charge in [-0.25, -0.2) is 9.59 Å². The summed E-state index contributed by atoms with van der Waals surface area (Å²) in [5, 5.41) is 0. The van der Waals surface area contributed by atoms with Crippen molar-refractivity contribution in [3.63, 3.8) is 0 Å². The Hall–Kier alpha value is -1.50. The van der Waals surface area contributed by atoms with Gasteiger partial charge in [-0.1, -0.05) is 12.8 Å². The van der Waals surface area contributed by atoms with Crippen molar-refractivity contribution in [2.24, 2.45) is 11.8 Å². The molecule has 0 radical (unpaired) electrons. The third-order valence-electron chi connectivity index (χ3n) is 4.66. The van der Waals surface area contributed by atoms with E-state index in [-0.39, 0.29) is 18.4 Å². The number of hydrogen-bond acceptors (Lipinski definition) is 7. The van der Waals surface area contributed by atoms with Crippen LogP contribution in [0.15, 0.2) is 0 Å². The van der Waals surface area contributed by atoms with Gasteiger partial charge in [0.1, 0.15) is 18.8 Å². The third-order valence-corrected chi connectivity index (χ3v) is 4.66. The van der Waals surface area contributed by atoms with Gasteiger partial charge in [-0.05, 0) is 24.7 Å². The molecule has 2 aliphatic heterocycles. The highest BCUT2D eigenvalue weighted by Gasteiger charge is 2.35. The van der Waals surface area contributed by atoms with Crippen molar-refractivity contribution < 1.29 is 33.3 Å². The highest BCUT2D eigenvalue weighted by molar-refractivity contribution is 5.60. The van der Waals surface area contributed by atoms with Crippen LogP contribution in [0.4, 0.5) is 9.59 Å². The lowest BCUT2D eigenvalue weighted by atomic mass is 9.80. The Morgan fingerprint density at radius 3 is 2.09 bits per heavy atom. The summed E-state index contributed by atoms with van der Waals surface area (Å²) in [5.74, 6) is 0.399. The molecule has 0 amide bonds. The lowest BCUT2D eigenvalue weighted by molar-refractivity contribution is -0.0402. The van der Waals surface area contributed by atoms with E-state index < -0.39 is 24.5 Å². The molecule has 0 aromatic heterocycles. The fraction of sp³-hybridized carbons (Fsp3) is 0.867. The first-order valence-electron chi connectivity index (χ1n) is 7.97. The van der Waals surface area contributed by atoms with Gasteiger partial charge >= 0.3 is 12.3 Å². The van der Waals surface area contributed by atoms with Gasteiger partial charge in [-0.3, -0.25) is 0 Å². The minimum Gasteiger partial charge on any atom is -0.434 e. The summed E-state index contributed by atoms with van der Waals surface area (Å²) in [6.45, 7) is 1.09. The van der Waals surface area contributed by atoms with Crippen LogP contribution in [0.1, 0.15) is 32.1 Å². The molecule has 4 unspecified atom stereocenters. The van der Waals surface area contributed by atoms with E-state index in [1.165, 1.54) is 0 Å². The van der Waals surface area contributed by atoms with Crippen LogP contribution in [0.3, 0.4) is 0 Å². The molecule has 3 rings (SSSR count). The standard InChI is InChI=1S/C15H22O7/c16-14-19-7-10-3-1-2-4-11(10)8-20-15(17)22-12-5-6-18-13(12)9-21-14/h10-13H,1-9H2. The molecule has 22 heavy (non-hydrogen) atoms. The van der Waals surface area contributed by atoms with E-state index in [1.54, 1.807) is 0 Å². The molecule has 7 heteroatoms. The SMILES string of the molecule is O=C1OCC2CCCCC2COC(=O)OC2CCOC2CO1. The molecule has 3 aliphatic rings. The quantitative estimate of drug-likeness (QED) is 0.634. The fourth-order valence-electron chi connectivity index (χ4n) is 3.34. The van der Waals surface area contributed by atoms with E-state index >= 15 is 0 Å². The Labute approximate surface area is 129 Å². The third kappa shape index (κ3) is 3.82. The molecule has 124 valence electrons. The maximum Gasteiger partial charge on any atom is 0.508 e. The van der Waals surface area contributed by atoms with E-state index in [1.807, 2.05) is 0 Å². The fourth-order valence-corrected chi connectivity index (χ4v) is 3.34. The van der Waals surface area contributed by atoms with Crippen molar-refractivity contribution in [2.45, 2.75) is 44.3 Å². The van der Waals surface area contributed by atoms with E-state index in [0.717, 1.165) is 25.7 Å². The molecule has 7 nitrogen and oxygen atoms in total. The van der Waals surface area contributed by atoms with Gasteiger partial charge in [0.15, 0.2) is 0 Å². The normalized spacial score (nSPS) is 36.9. The number of hydrogen-bond donors (Lipinski definition) is 0. The summed E-state index contributed by atoms with van der Waals surface area (Å²) in [4.78, 5) is 23.5. The minimum absolute atomic E-state index is 0.0187. The maximum absolute atomic E-state index is 11.8. The number of carbonyl (C=O) groups is 2. The van der Waals surface area contributed by atoms with Crippen molar-refractivity contribution in [3.8, 4) is 0 Å². The highest BCUT2D eigenvalue weighted by atomic mass is 16.7. The molecular weight excluding hydrogens is 292 g/mol. The smallest absolute Gasteiger partial charge is 0.434 e. The van der Waals surface area contributed by atoms with Crippen molar-refractivity contribution in [3.05, 3.63) is 0 Å². The Bertz CT molecular complexity index is 411. The summed E-state index contributed by atoms with van der Waals surface area (Å²) < 4.78 is 26.2. The number of cyclic esters (lactones) is 3. The van der Waals surface area contributed by atoms with E-state index in [2.05, 4.69) is 0 Å². The molecule has 2 heterocycles. The molecule has 0 aromatic carbocycles. The monoisotopic (exact) mass is 314 g/mol. The first kappa shape index (κ1) is 15.4. The van der Waals surface area contributed by atoms with Crippen molar-refractivity contribution in [1.82, 2.24) is 0 Å². The van der Waals surface area contributed by atoms with Crippen LogP contribution in [0, 0.1) is 11.8 Å². The summed E-state index contributed by atoms with van der Waals surface area (Å²) in [7, 11) is 0. The predicted octanol–water partition coefficient (Wildman–Crippen LogP) is 2.27. The zero-order chi connectivity index (χ0) is 15.4. The Morgan fingerprint density at radius 2 is 1.36 bits per heavy atom. The van der Waals surface area contributed by atoms with Crippen LogP contribution >= 0.6 is 0 Å². The number of fused-ring (bicyclic) bond motifs is 2. The zero-order valence-corrected chi connectivity index (χ0v) is 12.5. The summed E-state index contributed by atoms with van der Waals surface area (Å²) in [5.41, 5.74) is 0.